The van der Waals surface area contributed by atoms with Gasteiger partial charge in [0, 0.05) is 0 Å². The molecule has 0 spiro atoms. The first-order chi connectivity index (χ1) is 10.2. The van der Waals surface area contributed by atoms with Crippen LogP contribution in [0.25, 0.3) is 11.2 Å². The molecule has 1 aliphatic rings. The molecule has 3 unspecified atom stereocenters. The third-order valence-corrected chi connectivity index (χ3v) is 3.55. The number of nitrogens with zero attached hydrogens (tertiary/aromatic N) is 4. The molecule has 3 rings (SSSR count). The van der Waals surface area contributed by atoms with Crippen LogP contribution in [0, 0.1) is 0 Å². The molecule has 0 amide bonds. The fourth-order valence-electron chi connectivity index (χ4n) is 1.88. The number of aromatic nitrogens is 4. The summed E-state index contributed by atoms with van der Waals surface area (Å²) in [7, 11) is -2.81. The largest absolute Gasteiger partial charge is 0.382 e. The summed E-state index contributed by atoms with van der Waals surface area (Å²) in [5.41, 5.74) is 6.69. The lowest BCUT2D eigenvalue weighted by atomic mass is 10.4. The fourth-order valence-corrected chi connectivity index (χ4v) is 2.37. The third kappa shape index (κ3) is 2.80. The van der Waals surface area contributed by atoms with Crippen LogP contribution >= 0.6 is 8.25 Å². The van der Waals surface area contributed by atoms with Crippen molar-refractivity contribution in [3.63, 3.8) is 0 Å². The maximum atomic E-state index is 11.3. The number of aliphatic hydroxyl groups is 1. The highest BCUT2D eigenvalue weighted by molar-refractivity contribution is 7.33. The first kappa shape index (κ1) is 14.1. The SMILES string of the molecule is Nc1ncnc2c1ncn2C1C=CC(O[PH](=O)OCO)O1. The van der Waals surface area contributed by atoms with E-state index in [4.69, 9.17) is 20.1 Å². The second-order valence-corrected chi connectivity index (χ2v) is 5.03. The molecule has 3 heterocycles. The number of aliphatic hydroxyl groups excluding tert-OH is 1. The van der Waals surface area contributed by atoms with E-state index in [9.17, 15) is 4.57 Å². The van der Waals surface area contributed by atoms with Crippen molar-refractivity contribution in [1.82, 2.24) is 19.5 Å². The Morgan fingerprint density at radius 2 is 2.29 bits per heavy atom. The van der Waals surface area contributed by atoms with Crippen LogP contribution in [0.1, 0.15) is 6.23 Å². The van der Waals surface area contributed by atoms with E-state index in [-0.39, 0.29) is 5.82 Å². The Bertz CT molecular complexity index is 704. The van der Waals surface area contributed by atoms with Crippen LogP contribution in [-0.4, -0.2) is 37.7 Å². The monoisotopic (exact) mass is 313 g/mol. The van der Waals surface area contributed by atoms with Crippen molar-refractivity contribution in [3.05, 3.63) is 24.8 Å². The highest BCUT2D eigenvalue weighted by Crippen LogP contribution is 2.32. The highest BCUT2D eigenvalue weighted by atomic mass is 31.1. The van der Waals surface area contributed by atoms with Crippen molar-refractivity contribution in [2.75, 3.05) is 12.5 Å². The number of hydrogen-bond acceptors (Lipinski definition) is 9. The van der Waals surface area contributed by atoms with Crippen LogP contribution < -0.4 is 5.73 Å². The number of anilines is 1. The van der Waals surface area contributed by atoms with Crippen LogP contribution in [0.3, 0.4) is 0 Å². The predicted molar refractivity (Wildman–Crippen MR) is 71.0 cm³/mol. The average molecular weight is 313 g/mol. The molecule has 0 aliphatic carbocycles. The minimum absolute atomic E-state index is 0.273. The third-order valence-electron chi connectivity index (χ3n) is 2.76. The van der Waals surface area contributed by atoms with Gasteiger partial charge in [-0.3, -0.25) is 18.2 Å². The Kier molecular flexibility index (Phi) is 3.95. The van der Waals surface area contributed by atoms with E-state index in [1.165, 1.54) is 12.7 Å². The van der Waals surface area contributed by atoms with Gasteiger partial charge in [0.15, 0.2) is 30.8 Å². The van der Waals surface area contributed by atoms with E-state index in [0.717, 1.165) is 0 Å². The highest BCUT2D eigenvalue weighted by Gasteiger charge is 2.25. The van der Waals surface area contributed by atoms with Crippen LogP contribution in [0.5, 0.6) is 0 Å². The number of rotatable bonds is 5. The van der Waals surface area contributed by atoms with Gasteiger partial charge < -0.3 is 15.6 Å². The maximum absolute atomic E-state index is 11.3. The standard InChI is InChI=1S/C10H12N5O5P/c11-9-8-10(13-3-12-9)15(4-14-8)6-1-2-7(19-6)20-21(17)18-5-16/h1-4,6-7,16,21H,5H2,(H2,11,12,13). The Morgan fingerprint density at radius 1 is 1.43 bits per heavy atom. The van der Waals surface area contributed by atoms with Crippen molar-refractivity contribution in [2.24, 2.45) is 0 Å². The van der Waals surface area contributed by atoms with Crippen molar-refractivity contribution in [2.45, 2.75) is 12.5 Å². The lowest BCUT2D eigenvalue weighted by molar-refractivity contribution is -0.0855. The van der Waals surface area contributed by atoms with Gasteiger partial charge in [-0.05, 0) is 12.2 Å². The zero-order chi connectivity index (χ0) is 14.8. The molecule has 1 aliphatic heterocycles. The Balaban J connectivity index is 1.75. The molecule has 0 radical (unpaired) electrons. The van der Waals surface area contributed by atoms with Crippen molar-refractivity contribution < 1.29 is 23.5 Å². The topological polar surface area (TPSA) is 135 Å². The number of hydrogen-bond donors (Lipinski definition) is 2. The van der Waals surface area contributed by atoms with E-state index in [0.29, 0.717) is 11.2 Å². The van der Waals surface area contributed by atoms with Gasteiger partial charge in [-0.1, -0.05) is 0 Å². The van der Waals surface area contributed by atoms with E-state index >= 15 is 0 Å². The molecule has 21 heavy (non-hydrogen) atoms. The van der Waals surface area contributed by atoms with Gasteiger partial charge in [-0.25, -0.2) is 15.0 Å². The second-order valence-electron chi connectivity index (χ2n) is 4.00. The van der Waals surface area contributed by atoms with Gasteiger partial charge in [-0.15, -0.1) is 0 Å². The fraction of sp³-hybridized carbons (Fsp3) is 0.300. The minimum Gasteiger partial charge on any atom is -0.382 e. The second kappa shape index (κ2) is 5.88. The molecule has 0 saturated carbocycles. The van der Waals surface area contributed by atoms with Gasteiger partial charge in [-0.2, -0.15) is 0 Å². The van der Waals surface area contributed by atoms with Crippen molar-refractivity contribution >= 4 is 25.2 Å². The molecule has 0 fully saturated rings. The normalized spacial score (nSPS) is 22.9. The molecule has 2 aromatic rings. The molecule has 10 nitrogen and oxygen atoms in total. The summed E-state index contributed by atoms with van der Waals surface area (Å²) in [4.78, 5) is 12.1. The van der Waals surface area contributed by atoms with Crippen molar-refractivity contribution in [3.8, 4) is 0 Å². The van der Waals surface area contributed by atoms with Gasteiger partial charge >= 0.3 is 8.25 Å². The molecular formula is C10H12N5O5P. The van der Waals surface area contributed by atoms with Crippen LogP contribution in [0.2, 0.25) is 0 Å². The maximum Gasteiger partial charge on any atom is 0.323 e. The van der Waals surface area contributed by atoms with Crippen LogP contribution in [0.15, 0.2) is 24.8 Å². The van der Waals surface area contributed by atoms with Crippen LogP contribution in [0.4, 0.5) is 5.82 Å². The van der Waals surface area contributed by atoms with E-state index in [1.807, 2.05) is 0 Å². The Morgan fingerprint density at radius 3 is 3.10 bits per heavy atom. The molecule has 0 bridgehead atoms. The Labute approximate surface area is 119 Å². The Hall–Kier alpha value is -1.84. The summed E-state index contributed by atoms with van der Waals surface area (Å²) in [5, 5.41) is 8.48. The number of nitrogen functional groups attached to an aromatic ring is 1. The lowest BCUT2D eigenvalue weighted by Crippen LogP contribution is -2.13. The minimum atomic E-state index is -2.81. The summed E-state index contributed by atoms with van der Waals surface area (Å²) >= 11 is 0. The molecule has 112 valence electrons. The zero-order valence-corrected chi connectivity index (χ0v) is 11.6. The summed E-state index contributed by atoms with van der Waals surface area (Å²) in [6, 6.07) is 0. The molecule has 11 heteroatoms. The molecule has 2 aromatic heterocycles. The van der Waals surface area contributed by atoms with Gasteiger partial charge in [0.2, 0.25) is 0 Å². The van der Waals surface area contributed by atoms with Crippen molar-refractivity contribution in [1.29, 1.82) is 0 Å². The number of ether oxygens (including phenoxy) is 1. The van der Waals surface area contributed by atoms with Gasteiger partial charge in [0.05, 0.1) is 6.33 Å². The van der Waals surface area contributed by atoms with E-state index in [2.05, 4.69) is 19.5 Å². The molecule has 3 atom stereocenters. The number of fused-ring (bicyclic) bond motifs is 1. The van der Waals surface area contributed by atoms with E-state index in [1.54, 1.807) is 16.7 Å². The van der Waals surface area contributed by atoms with Crippen LogP contribution in [-0.2, 0) is 18.3 Å². The first-order valence-corrected chi connectivity index (χ1v) is 7.12. The van der Waals surface area contributed by atoms with E-state index < -0.39 is 27.6 Å². The molecular weight excluding hydrogens is 301 g/mol. The summed E-state index contributed by atoms with van der Waals surface area (Å²) < 4.78 is 27.8. The predicted octanol–water partition coefficient (Wildman–Crippen LogP) is 0.192. The summed E-state index contributed by atoms with van der Waals surface area (Å²) in [6.45, 7) is -0.681. The number of imidazole rings is 1. The van der Waals surface area contributed by atoms with Gasteiger partial charge in [0.25, 0.3) is 0 Å². The first-order valence-electron chi connectivity index (χ1n) is 5.90. The number of nitrogens with two attached hydrogens (primary N) is 1. The molecule has 3 N–H and O–H groups in total. The quantitative estimate of drug-likeness (QED) is 0.450. The molecule has 0 saturated heterocycles. The lowest BCUT2D eigenvalue weighted by Gasteiger charge is -2.15. The molecule has 0 aromatic carbocycles. The van der Waals surface area contributed by atoms with Gasteiger partial charge in [0.1, 0.15) is 11.8 Å². The summed E-state index contributed by atoms with van der Waals surface area (Å²) in [5.74, 6) is 0.273. The zero-order valence-electron chi connectivity index (χ0n) is 10.6. The average Bonchev–Trinajstić information content (AvgIpc) is 3.06. The smallest absolute Gasteiger partial charge is 0.323 e. The summed E-state index contributed by atoms with van der Waals surface area (Å²) in [6.07, 6.45) is 4.74.